The Morgan fingerprint density at radius 3 is 2.96 bits per heavy atom. The van der Waals surface area contributed by atoms with Crippen LogP contribution in [-0.4, -0.2) is 20.1 Å². The van der Waals surface area contributed by atoms with E-state index in [2.05, 4.69) is 10.4 Å². The van der Waals surface area contributed by atoms with Crippen molar-refractivity contribution >= 4 is 23.0 Å². The number of rotatable bonds is 4. The monoisotopic (exact) mass is 330 g/mol. The van der Waals surface area contributed by atoms with Crippen LogP contribution in [0.4, 0.5) is 0 Å². The Hall–Kier alpha value is -2.60. The number of fused-ring (bicyclic) bond motifs is 1. The zero-order valence-electron chi connectivity index (χ0n) is 12.4. The van der Waals surface area contributed by atoms with Crippen molar-refractivity contribution in [3.8, 4) is 0 Å². The van der Waals surface area contributed by atoms with E-state index in [-0.39, 0.29) is 11.5 Å². The van der Waals surface area contributed by atoms with E-state index in [9.17, 15) is 9.59 Å². The Morgan fingerprint density at radius 2 is 2.17 bits per heavy atom. The van der Waals surface area contributed by atoms with Crippen LogP contribution in [-0.2, 0) is 11.3 Å². The van der Waals surface area contributed by atoms with E-state index in [1.54, 1.807) is 41.8 Å². The number of hydrogen-bond acceptors (Lipinski definition) is 3. The topological polar surface area (TPSA) is 68.4 Å². The van der Waals surface area contributed by atoms with E-state index in [0.29, 0.717) is 17.1 Å². The Labute approximate surface area is 137 Å². The summed E-state index contributed by atoms with van der Waals surface area (Å²) in [5.41, 5.74) is 1.07. The van der Waals surface area contributed by atoms with Crippen molar-refractivity contribution in [3.63, 3.8) is 0 Å². The van der Waals surface area contributed by atoms with Gasteiger partial charge < -0.3 is 9.72 Å². The molecule has 3 rings (SSSR count). The molecule has 1 amide bonds. The first-order valence-electron chi connectivity index (χ1n) is 7.13. The fourth-order valence-electron chi connectivity index (χ4n) is 2.33. The minimum absolute atomic E-state index is 0.282. The lowest BCUT2D eigenvalue weighted by Crippen LogP contribution is -2.37. The number of amides is 1. The second kappa shape index (κ2) is 6.26. The Morgan fingerprint density at radius 1 is 1.35 bits per heavy atom. The molecule has 1 unspecified atom stereocenters. The van der Waals surface area contributed by atoms with Crippen molar-refractivity contribution < 1.29 is 4.79 Å². The maximum atomic E-state index is 12.3. The number of nitrogens with zero attached hydrogens (tertiary/aromatic N) is 3. The number of benzene rings is 1. The first-order chi connectivity index (χ1) is 11.1. The fraction of sp³-hybridized carbons (Fsp3) is 0.188. The van der Waals surface area contributed by atoms with Gasteiger partial charge in [0.1, 0.15) is 17.9 Å². The first kappa shape index (κ1) is 15.3. The molecule has 0 saturated heterocycles. The lowest BCUT2D eigenvalue weighted by atomic mass is 10.2. The van der Waals surface area contributed by atoms with Crippen molar-refractivity contribution in [3.05, 3.63) is 69.9 Å². The third kappa shape index (κ3) is 3.12. The van der Waals surface area contributed by atoms with Crippen LogP contribution in [0.3, 0.4) is 0 Å². The summed E-state index contributed by atoms with van der Waals surface area (Å²) in [4.78, 5) is 24.6. The molecule has 0 aliphatic rings. The molecule has 1 aromatic carbocycles. The summed E-state index contributed by atoms with van der Waals surface area (Å²) in [5.74, 6) is -0.282. The average molecular weight is 331 g/mol. The van der Waals surface area contributed by atoms with Crippen molar-refractivity contribution in [1.29, 1.82) is 0 Å². The Balaban J connectivity index is 1.76. The second-order valence-electron chi connectivity index (χ2n) is 5.21. The first-order valence-corrected chi connectivity index (χ1v) is 7.51. The van der Waals surface area contributed by atoms with Crippen LogP contribution in [0.5, 0.6) is 0 Å². The van der Waals surface area contributed by atoms with Crippen LogP contribution in [0.25, 0.3) is 5.52 Å². The summed E-state index contributed by atoms with van der Waals surface area (Å²) in [7, 11) is 0. The summed E-state index contributed by atoms with van der Waals surface area (Å²) < 4.78 is 2.80. The van der Waals surface area contributed by atoms with Gasteiger partial charge in [0.15, 0.2) is 0 Å². The molecule has 2 heterocycles. The van der Waals surface area contributed by atoms with Crippen molar-refractivity contribution in [1.82, 2.24) is 19.5 Å². The molecule has 0 radical (unpaired) electrons. The number of aromatic nitrogens is 3. The van der Waals surface area contributed by atoms with E-state index in [4.69, 9.17) is 11.6 Å². The molecule has 6 nitrogen and oxygen atoms in total. The number of carbonyl (C=O) groups is 1. The van der Waals surface area contributed by atoms with Gasteiger partial charge in [0.25, 0.3) is 5.56 Å². The summed E-state index contributed by atoms with van der Waals surface area (Å²) in [6.45, 7) is 1.98. The molecule has 0 fully saturated rings. The van der Waals surface area contributed by atoms with Crippen molar-refractivity contribution in [2.24, 2.45) is 0 Å². The van der Waals surface area contributed by atoms with Gasteiger partial charge in [0.05, 0.1) is 0 Å². The highest BCUT2D eigenvalue weighted by molar-refractivity contribution is 6.30. The molecule has 1 N–H and O–H groups in total. The molecule has 0 bridgehead atoms. The SMILES string of the molecule is CC(C(=O)NCc1cccc(Cl)c1)n1ncn2cccc2c1=O. The van der Waals surface area contributed by atoms with Crippen molar-refractivity contribution in [2.45, 2.75) is 19.5 Å². The molecule has 0 saturated carbocycles. The molecule has 0 aliphatic carbocycles. The third-order valence-electron chi connectivity index (χ3n) is 3.61. The molecule has 0 spiro atoms. The summed E-state index contributed by atoms with van der Waals surface area (Å²) >= 11 is 5.91. The lowest BCUT2D eigenvalue weighted by Gasteiger charge is -2.14. The van der Waals surface area contributed by atoms with Gasteiger partial charge in [-0.05, 0) is 36.8 Å². The van der Waals surface area contributed by atoms with Crippen LogP contribution >= 0.6 is 11.6 Å². The van der Waals surface area contributed by atoms with Gasteiger partial charge in [-0.25, -0.2) is 4.68 Å². The highest BCUT2D eigenvalue weighted by atomic mass is 35.5. The van der Waals surface area contributed by atoms with Gasteiger partial charge in [-0.3, -0.25) is 9.59 Å². The molecule has 0 aliphatic heterocycles. The second-order valence-corrected chi connectivity index (χ2v) is 5.64. The molecular formula is C16H15ClN4O2. The molecule has 7 heteroatoms. The van der Waals surface area contributed by atoms with Crippen LogP contribution in [0.15, 0.2) is 53.7 Å². The van der Waals surface area contributed by atoms with Gasteiger partial charge >= 0.3 is 0 Å². The quantitative estimate of drug-likeness (QED) is 0.795. The number of hydrogen-bond donors (Lipinski definition) is 1. The van der Waals surface area contributed by atoms with Gasteiger partial charge in [-0.1, -0.05) is 23.7 Å². The van der Waals surface area contributed by atoms with Crippen molar-refractivity contribution in [2.75, 3.05) is 0 Å². The Kier molecular flexibility index (Phi) is 4.16. The fourth-order valence-corrected chi connectivity index (χ4v) is 2.54. The van der Waals surface area contributed by atoms with Gasteiger partial charge in [-0.2, -0.15) is 5.10 Å². The number of nitrogens with one attached hydrogen (secondary N) is 1. The predicted molar refractivity (Wildman–Crippen MR) is 87.5 cm³/mol. The Bertz CT molecular complexity index is 916. The maximum Gasteiger partial charge on any atom is 0.291 e. The van der Waals surface area contributed by atoms with E-state index in [1.807, 2.05) is 12.1 Å². The predicted octanol–water partition coefficient (Wildman–Crippen LogP) is 2.03. The standard InChI is InChI=1S/C16H15ClN4O2/c1-11(15(22)18-9-12-4-2-5-13(17)8-12)21-16(23)14-6-3-7-20(14)10-19-21/h2-8,10-11H,9H2,1H3,(H,18,22). The minimum atomic E-state index is -0.707. The zero-order chi connectivity index (χ0) is 16.4. The molecule has 23 heavy (non-hydrogen) atoms. The van der Waals surface area contributed by atoms with Gasteiger partial charge in [-0.15, -0.1) is 0 Å². The summed E-state index contributed by atoms with van der Waals surface area (Å²) in [6.07, 6.45) is 3.25. The molecule has 2 aromatic heterocycles. The average Bonchev–Trinajstić information content (AvgIpc) is 3.02. The summed E-state index contributed by atoms with van der Waals surface area (Å²) in [6, 6.07) is 9.98. The largest absolute Gasteiger partial charge is 0.350 e. The maximum absolute atomic E-state index is 12.3. The van der Waals surface area contributed by atoms with Crippen LogP contribution in [0.1, 0.15) is 18.5 Å². The minimum Gasteiger partial charge on any atom is -0.350 e. The molecule has 118 valence electrons. The van der Waals surface area contributed by atoms with Crippen LogP contribution < -0.4 is 10.9 Å². The van der Waals surface area contributed by atoms with E-state index in [1.165, 1.54) is 11.0 Å². The third-order valence-corrected chi connectivity index (χ3v) is 3.84. The van der Waals surface area contributed by atoms with Crippen LogP contribution in [0.2, 0.25) is 5.02 Å². The summed E-state index contributed by atoms with van der Waals surface area (Å²) in [5, 5.41) is 7.46. The lowest BCUT2D eigenvalue weighted by molar-refractivity contribution is -0.124. The molecular weight excluding hydrogens is 316 g/mol. The highest BCUT2D eigenvalue weighted by Gasteiger charge is 2.18. The van der Waals surface area contributed by atoms with Crippen LogP contribution in [0, 0.1) is 0 Å². The zero-order valence-corrected chi connectivity index (χ0v) is 13.2. The normalized spacial score (nSPS) is 12.3. The molecule has 1 atom stereocenters. The number of carbonyl (C=O) groups excluding carboxylic acids is 1. The van der Waals surface area contributed by atoms with Gasteiger partial charge in [0, 0.05) is 17.8 Å². The van der Waals surface area contributed by atoms with E-state index in [0.717, 1.165) is 5.56 Å². The number of halogens is 1. The molecule has 3 aromatic rings. The van der Waals surface area contributed by atoms with Gasteiger partial charge in [0.2, 0.25) is 5.91 Å². The van der Waals surface area contributed by atoms with E-state index < -0.39 is 6.04 Å². The van der Waals surface area contributed by atoms with E-state index >= 15 is 0 Å². The highest BCUT2D eigenvalue weighted by Crippen LogP contribution is 2.11. The smallest absolute Gasteiger partial charge is 0.291 e.